The van der Waals surface area contributed by atoms with E-state index < -0.39 is 41.1 Å². The molecule has 0 aromatic rings. The summed E-state index contributed by atoms with van der Waals surface area (Å²) in [6.45, 7) is 20.2. The molecule has 5 aliphatic carbocycles. The van der Waals surface area contributed by atoms with E-state index in [4.69, 9.17) is 9.47 Å². The van der Waals surface area contributed by atoms with Crippen LogP contribution in [0.5, 0.6) is 0 Å². The van der Waals surface area contributed by atoms with Gasteiger partial charge in [0.1, 0.15) is 18.3 Å². The van der Waals surface area contributed by atoms with Gasteiger partial charge >= 0.3 is 11.9 Å². The zero-order valence-corrected chi connectivity index (χ0v) is 28.8. The second kappa shape index (κ2) is 10.7. The van der Waals surface area contributed by atoms with Crippen LogP contribution < -0.4 is 0 Å². The van der Waals surface area contributed by atoms with Crippen LogP contribution in [-0.2, 0) is 19.1 Å². The van der Waals surface area contributed by atoms with Gasteiger partial charge in [0.2, 0.25) is 0 Å². The molecule has 44 heavy (non-hydrogen) atoms. The number of ether oxygens (including phenoxy) is 2. The Morgan fingerprint density at radius 3 is 2.20 bits per heavy atom. The third-order valence-electron chi connectivity index (χ3n) is 14.5. The lowest BCUT2D eigenvalue weighted by Gasteiger charge is -2.73. The molecule has 7 heteroatoms. The molecule has 4 saturated carbocycles. The summed E-state index contributed by atoms with van der Waals surface area (Å²) < 4.78 is 12.4. The average molecular weight is 615 g/mol. The number of aliphatic hydroxyl groups excluding tert-OH is 3. The maximum Gasteiger partial charge on any atom is 0.333 e. The van der Waals surface area contributed by atoms with E-state index in [1.807, 2.05) is 0 Å². The quantitative estimate of drug-likeness (QED) is 0.198. The van der Waals surface area contributed by atoms with Gasteiger partial charge in [-0.05, 0) is 98.2 Å². The van der Waals surface area contributed by atoms with E-state index >= 15 is 0 Å². The van der Waals surface area contributed by atoms with Gasteiger partial charge < -0.3 is 24.8 Å². The molecule has 0 unspecified atom stereocenters. The van der Waals surface area contributed by atoms with Gasteiger partial charge in [0.15, 0.2) is 0 Å². The Morgan fingerprint density at radius 2 is 1.61 bits per heavy atom. The van der Waals surface area contributed by atoms with E-state index in [1.54, 1.807) is 19.9 Å². The number of rotatable bonds is 4. The molecule has 0 radical (unpaired) electrons. The molecule has 5 rings (SSSR count). The fraction of sp³-hybridized carbons (Fsp3) is 0.838. The number of aliphatic hydroxyl groups is 3. The highest BCUT2D eigenvalue weighted by molar-refractivity contribution is 5.87. The number of carbonyl (C=O) groups excluding carboxylic acids is 2. The van der Waals surface area contributed by atoms with Gasteiger partial charge in [-0.25, -0.2) is 4.79 Å². The van der Waals surface area contributed by atoms with Gasteiger partial charge in [0.25, 0.3) is 0 Å². The smallest absolute Gasteiger partial charge is 0.333 e. The summed E-state index contributed by atoms with van der Waals surface area (Å²) in [6.07, 6.45) is 6.39. The SMILES string of the molecule is C/C=C(/C)C(=O)O[C@H]1CC(C)(C)C[C@H]2C3=CC[C@@H]4[C@@]5(C)CC[C@H](O)C(C)(C)[C@@H]5CC[C@@]4(C)[C@]3(C)[C@@H](OC(C)=O)[C@@H](O)[C@@]12CO. The van der Waals surface area contributed by atoms with Crippen molar-refractivity contribution in [3.05, 3.63) is 23.3 Å². The maximum atomic E-state index is 13.2. The number of carbonyl (C=O) groups is 2. The van der Waals surface area contributed by atoms with Crippen molar-refractivity contribution >= 4 is 11.9 Å². The van der Waals surface area contributed by atoms with Gasteiger partial charge in [0.05, 0.1) is 18.1 Å². The molecule has 0 saturated heterocycles. The summed E-state index contributed by atoms with van der Waals surface area (Å²) in [5, 5.41) is 35.0. The van der Waals surface area contributed by atoms with Crippen LogP contribution in [0.3, 0.4) is 0 Å². The first-order chi connectivity index (χ1) is 20.3. The first kappa shape index (κ1) is 33.7. The van der Waals surface area contributed by atoms with Gasteiger partial charge in [-0.15, -0.1) is 0 Å². The third-order valence-corrected chi connectivity index (χ3v) is 14.5. The lowest BCUT2D eigenvalue weighted by Crippen LogP contribution is -2.74. The largest absolute Gasteiger partial charge is 0.459 e. The van der Waals surface area contributed by atoms with Gasteiger partial charge in [-0.3, -0.25) is 4.79 Å². The molecule has 0 bridgehead atoms. The van der Waals surface area contributed by atoms with Crippen molar-refractivity contribution in [2.75, 3.05) is 6.61 Å². The first-order valence-corrected chi connectivity index (χ1v) is 17.0. The second-order valence-electron chi connectivity index (χ2n) is 17.3. The molecule has 7 nitrogen and oxygen atoms in total. The Labute approximate surface area is 264 Å². The average Bonchev–Trinajstić information content (AvgIpc) is 2.93. The highest BCUT2D eigenvalue weighted by Crippen LogP contribution is 2.76. The van der Waals surface area contributed by atoms with Crippen molar-refractivity contribution in [1.82, 2.24) is 0 Å². The van der Waals surface area contributed by atoms with Crippen molar-refractivity contribution < 1.29 is 34.4 Å². The Kier molecular flexibility index (Phi) is 8.16. The van der Waals surface area contributed by atoms with Crippen molar-refractivity contribution in [3.63, 3.8) is 0 Å². The van der Waals surface area contributed by atoms with Crippen molar-refractivity contribution in [2.24, 2.45) is 50.2 Å². The second-order valence-corrected chi connectivity index (χ2v) is 17.3. The van der Waals surface area contributed by atoms with E-state index in [9.17, 15) is 24.9 Å². The minimum atomic E-state index is -1.24. The molecule has 0 amide bonds. The van der Waals surface area contributed by atoms with Gasteiger partial charge in [-0.2, -0.15) is 0 Å². The zero-order valence-electron chi connectivity index (χ0n) is 28.8. The van der Waals surface area contributed by atoms with Crippen LogP contribution >= 0.6 is 0 Å². The topological polar surface area (TPSA) is 113 Å². The standard InChI is InChI=1S/C37H58O7/c1-11-21(2)31(42)44-28-19-32(4,5)18-24-23-12-13-26-34(8)16-15-27(40)33(6,7)25(34)14-17-35(26,9)36(23,10)30(43-22(3)39)29(41)37(24,28)20-38/h11-12,24-30,38,40-41H,13-20H2,1-10H3/b21-11-/t24-,25-,26+,27-,28-,29+,30-,34-,35+,36-,37+/m0/s1. The minimum absolute atomic E-state index is 0.0358. The van der Waals surface area contributed by atoms with Gasteiger partial charge in [0, 0.05) is 17.9 Å². The van der Waals surface area contributed by atoms with Crippen LogP contribution in [0.15, 0.2) is 23.3 Å². The molecule has 248 valence electrons. The minimum Gasteiger partial charge on any atom is -0.459 e. The Bertz CT molecular complexity index is 1250. The Morgan fingerprint density at radius 1 is 0.955 bits per heavy atom. The summed E-state index contributed by atoms with van der Waals surface area (Å²) >= 11 is 0. The molecule has 4 fully saturated rings. The molecule has 3 N–H and O–H groups in total. The van der Waals surface area contributed by atoms with Crippen molar-refractivity contribution in [2.45, 2.75) is 139 Å². The Balaban J connectivity index is 1.71. The number of hydrogen-bond donors (Lipinski definition) is 3. The molecule has 0 aromatic carbocycles. The van der Waals surface area contributed by atoms with Crippen LogP contribution in [0.2, 0.25) is 0 Å². The predicted molar refractivity (Wildman–Crippen MR) is 169 cm³/mol. The molecule has 5 aliphatic rings. The summed E-state index contributed by atoms with van der Waals surface area (Å²) in [7, 11) is 0. The molecular formula is C37H58O7. The van der Waals surface area contributed by atoms with Crippen LogP contribution in [-0.4, -0.2) is 58.3 Å². The normalized spacial score (nSPS) is 47.6. The summed E-state index contributed by atoms with van der Waals surface area (Å²) in [5.41, 5.74) is -1.10. The predicted octanol–water partition coefficient (Wildman–Crippen LogP) is 6.14. The molecule has 0 heterocycles. The van der Waals surface area contributed by atoms with E-state index in [0.717, 1.165) is 44.1 Å². The molecule has 11 atom stereocenters. The van der Waals surface area contributed by atoms with E-state index in [2.05, 4.69) is 54.5 Å². The summed E-state index contributed by atoms with van der Waals surface area (Å²) in [4.78, 5) is 26.1. The fourth-order valence-electron chi connectivity index (χ4n) is 11.8. The molecule has 0 spiro atoms. The lowest BCUT2D eigenvalue weighted by molar-refractivity contribution is -0.278. The number of fused-ring (bicyclic) bond motifs is 7. The van der Waals surface area contributed by atoms with Crippen LogP contribution in [0.25, 0.3) is 0 Å². The third kappa shape index (κ3) is 4.37. The zero-order chi connectivity index (χ0) is 32.8. The summed E-state index contributed by atoms with van der Waals surface area (Å²) in [5.74, 6) is -0.587. The molecule has 0 aromatic heterocycles. The fourth-order valence-corrected chi connectivity index (χ4v) is 11.8. The molecule has 0 aliphatic heterocycles. The maximum absolute atomic E-state index is 13.2. The van der Waals surface area contributed by atoms with Crippen LogP contribution in [0, 0.1) is 50.2 Å². The number of hydrogen-bond acceptors (Lipinski definition) is 7. The van der Waals surface area contributed by atoms with Crippen LogP contribution in [0.4, 0.5) is 0 Å². The van der Waals surface area contributed by atoms with Crippen LogP contribution in [0.1, 0.15) is 114 Å². The number of allylic oxidation sites excluding steroid dienone is 2. The monoisotopic (exact) mass is 614 g/mol. The lowest BCUT2D eigenvalue weighted by atomic mass is 9.32. The van der Waals surface area contributed by atoms with Crippen molar-refractivity contribution in [3.8, 4) is 0 Å². The van der Waals surface area contributed by atoms with E-state index in [1.165, 1.54) is 6.92 Å². The van der Waals surface area contributed by atoms with E-state index in [-0.39, 0.29) is 46.2 Å². The first-order valence-electron chi connectivity index (χ1n) is 17.0. The highest BCUT2D eigenvalue weighted by Gasteiger charge is 2.75. The summed E-state index contributed by atoms with van der Waals surface area (Å²) in [6, 6.07) is 0. The van der Waals surface area contributed by atoms with Crippen molar-refractivity contribution in [1.29, 1.82) is 0 Å². The van der Waals surface area contributed by atoms with Gasteiger partial charge in [-0.1, -0.05) is 66.2 Å². The molecular weight excluding hydrogens is 556 g/mol. The highest BCUT2D eigenvalue weighted by atomic mass is 16.6. The Hall–Kier alpha value is -1.70. The van der Waals surface area contributed by atoms with E-state index in [0.29, 0.717) is 17.9 Å². The number of esters is 2.